The third kappa shape index (κ3) is 3.54. The number of aromatic carboxylic acids is 1. The Morgan fingerprint density at radius 2 is 1.71 bits per heavy atom. The van der Waals surface area contributed by atoms with Gasteiger partial charge in [0.15, 0.2) is 0 Å². The van der Waals surface area contributed by atoms with Crippen molar-refractivity contribution in [1.82, 2.24) is 4.31 Å². The first-order valence-electron chi connectivity index (χ1n) is 6.57. The van der Waals surface area contributed by atoms with Crippen LogP contribution in [-0.2, 0) is 10.0 Å². The van der Waals surface area contributed by atoms with E-state index in [0.29, 0.717) is 0 Å². The number of ether oxygens (including phenoxy) is 1. The zero-order valence-corrected chi connectivity index (χ0v) is 13.6. The topological polar surface area (TPSA) is 83.9 Å². The molecule has 0 aliphatic heterocycles. The maximum atomic E-state index is 12.8. The Hall–Kier alpha value is -1.60. The van der Waals surface area contributed by atoms with Crippen molar-refractivity contribution in [3.8, 4) is 5.75 Å². The third-order valence-electron chi connectivity index (χ3n) is 2.98. The van der Waals surface area contributed by atoms with Gasteiger partial charge in [-0.25, -0.2) is 13.2 Å². The van der Waals surface area contributed by atoms with Crippen LogP contribution in [0.1, 0.15) is 38.1 Å². The number of rotatable bonds is 6. The molecule has 1 aromatic rings. The molecule has 1 N–H and O–H groups in total. The number of nitrogens with zero attached hydrogens (tertiary/aromatic N) is 1. The quantitative estimate of drug-likeness (QED) is 0.870. The lowest BCUT2D eigenvalue weighted by Gasteiger charge is -2.30. The normalized spacial score (nSPS) is 12.2. The fraction of sp³-hybridized carbons (Fsp3) is 0.500. The lowest BCUT2D eigenvalue weighted by atomic mass is 10.2. The zero-order valence-electron chi connectivity index (χ0n) is 12.8. The van der Waals surface area contributed by atoms with Gasteiger partial charge in [-0.3, -0.25) is 0 Å². The Labute approximate surface area is 125 Å². The van der Waals surface area contributed by atoms with Crippen LogP contribution in [0, 0.1) is 0 Å². The summed E-state index contributed by atoms with van der Waals surface area (Å²) in [7, 11) is -2.50. The van der Waals surface area contributed by atoms with E-state index in [0.717, 1.165) is 6.07 Å². The molecule has 0 radical (unpaired) electrons. The number of hydrogen-bond donors (Lipinski definition) is 1. The fourth-order valence-electron chi connectivity index (χ4n) is 2.28. The molecule has 118 valence electrons. The Kier molecular flexibility index (Phi) is 5.36. The Balaban J connectivity index is 3.55. The molecule has 6 nitrogen and oxygen atoms in total. The van der Waals surface area contributed by atoms with Gasteiger partial charge in [-0.1, -0.05) is 0 Å². The first kappa shape index (κ1) is 17.5. The van der Waals surface area contributed by atoms with Gasteiger partial charge in [0.2, 0.25) is 10.0 Å². The molecule has 0 unspecified atom stereocenters. The van der Waals surface area contributed by atoms with E-state index in [-0.39, 0.29) is 28.3 Å². The van der Waals surface area contributed by atoms with Crippen LogP contribution in [0.5, 0.6) is 5.75 Å². The summed E-state index contributed by atoms with van der Waals surface area (Å²) in [6.45, 7) is 7.08. The first-order chi connectivity index (χ1) is 9.62. The molecule has 0 atom stereocenters. The van der Waals surface area contributed by atoms with Crippen LogP contribution in [0.25, 0.3) is 0 Å². The lowest BCUT2D eigenvalue weighted by Crippen LogP contribution is -2.42. The van der Waals surface area contributed by atoms with E-state index in [9.17, 15) is 13.2 Å². The van der Waals surface area contributed by atoms with Gasteiger partial charge >= 0.3 is 5.97 Å². The van der Waals surface area contributed by atoms with Crippen molar-refractivity contribution in [2.75, 3.05) is 7.11 Å². The Morgan fingerprint density at radius 1 is 1.19 bits per heavy atom. The van der Waals surface area contributed by atoms with Gasteiger partial charge in [-0.15, -0.1) is 0 Å². The van der Waals surface area contributed by atoms with Crippen LogP contribution < -0.4 is 4.74 Å². The molecule has 1 rings (SSSR count). The van der Waals surface area contributed by atoms with E-state index in [1.54, 1.807) is 27.7 Å². The summed E-state index contributed by atoms with van der Waals surface area (Å²) in [6, 6.07) is 3.29. The van der Waals surface area contributed by atoms with Crippen molar-refractivity contribution in [3.05, 3.63) is 23.8 Å². The molecule has 0 aromatic heterocycles. The van der Waals surface area contributed by atoms with E-state index in [1.165, 1.54) is 23.5 Å². The third-order valence-corrected chi connectivity index (χ3v) is 5.26. The molecular weight excluding hydrogens is 294 g/mol. The van der Waals surface area contributed by atoms with Gasteiger partial charge in [0.05, 0.1) is 12.7 Å². The van der Waals surface area contributed by atoms with Crippen molar-refractivity contribution in [2.45, 2.75) is 44.7 Å². The number of hydrogen-bond acceptors (Lipinski definition) is 4. The molecule has 0 bridgehead atoms. The molecule has 0 aliphatic rings. The van der Waals surface area contributed by atoms with E-state index < -0.39 is 16.0 Å². The summed E-state index contributed by atoms with van der Waals surface area (Å²) >= 11 is 0. The minimum atomic E-state index is -3.85. The molecule has 0 saturated carbocycles. The fourth-order valence-corrected chi connectivity index (χ4v) is 4.30. The predicted molar refractivity (Wildman–Crippen MR) is 79.3 cm³/mol. The van der Waals surface area contributed by atoms with Gasteiger partial charge in [0, 0.05) is 12.1 Å². The number of carboxylic acid groups (broad SMARTS) is 1. The molecule has 7 heteroatoms. The largest absolute Gasteiger partial charge is 0.495 e. The number of sulfonamides is 1. The number of benzene rings is 1. The molecule has 0 spiro atoms. The van der Waals surface area contributed by atoms with Crippen LogP contribution in [0.3, 0.4) is 0 Å². The standard InChI is InChI=1S/C14H21NO5S/c1-9(2)15(10(3)4)21(18,19)13-8-11(14(16)17)6-7-12(13)20-5/h6-10H,1-5H3,(H,16,17). The first-order valence-corrected chi connectivity index (χ1v) is 8.01. The minimum Gasteiger partial charge on any atom is -0.495 e. The van der Waals surface area contributed by atoms with E-state index >= 15 is 0 Å². The van der Waals surface area contributed by atoms with Crippen LogP contribution >= 0.6 is 0 Å². The highest BCUT2D eigenvalue weighted by Crippen LogP contribution is 2.30. The molecule has 1 aromatic carbocycles. The highest BCUT2D eigenvalue weighted by atomic mass is 32.2. The molecular formula is C14H21NO5S. The molecule has 0 saturated heterocycles. The summed E-state index contributed by atoms with van der Waals surface area (Å²) in [4.78, 5) is 10.9. The summed E-state index contributed by atoms with van der Waals surface area (Å²) in [5.74, 6) is -1.05. The van der Waals surface area contributed by atoms with Crippen molar-refractivity contribution < 1.29 is 23.1 Å². The van der Waals surface area contributed by atoms with Crippen molar-refractivity contribution in [2.24, 2.45) is 0 Å². The molecule has 0 aliphatic carbocycles. The van der Waals surface area contributed by atoms with Crippen molar-refractivity contribution in [1.29, 1.82) is 0 Å². The highest BCUT2D eigenvalue weighted by molar-refractivity contribution is 7.89. The Morgan fingerprint density at radius 3 is 2.10 bits per heavy atom. The van der Waals surface area contributed by atoms with E-state index in [4.69, 9.17) is 9.84 Å². The van der Waals surface area contributed by atoms with Gasteiger partial charge in [0.1, 0.15) is 10.6 Å². The molecule has 21 heavy (non-hydrogen) atoms. The Bertz CT molecular complexity index is 614. The highest BCUT2D eigenvalue weighted by Gasteiger charge is 2.32. The molecule has 0 amide bonds. The summed E-state index contributed by atoms with van der Waals surface area (Å²) in [6.07, 6.45) is 0. The van der Waals surface area contributed by atoms with E-state index in [2.05, 4.69) is 0 Å². The average molecular weight is 315 g/mol. The van der Waals surface area contributed by atoms with Crippen LogP contribution in [0.15, 0.2) is 23.1 Å². The van der Waals surface area contributed by atoms with Crippen molar-refractivity contribution >= 4 is 16.0 Å². The summed E-state index contributed by atoms with van der Waals surface area (Å²) in [5, 5.41) is 9.05. The number of carboxylic acids is 1. The van der Waals surface area contributed by atoms with Gasteiger partial charge in [-0.2, -0.15) is 4.31 Å². The number of carbonyl (C=O) groups is 1. The maximum absolute atomic E-state index is 12.8. The lowest BCUT2D eigenvalue weighted by molar-refractivity contribution is 0.0696. The zero-order chi connectivity index (χ0) is 16.4. The summed E-state index contributed by atoms with van der Waals surface area (Å²) in [5.41, 5.74) is -0.0955. The smallest absolute Gasteiger partial charge is 0.335 e. The second-order valence-corrected chi connectivity index (χ2v) is 7.00. The van der Waals surface area contributed by atoms with Crippen LogP contribution in [0.2, 0.25) is 0 Å². The SMILES string of the molecule is COc1ccc(C(=O)O)cc1S(=O)(=O)N(C(C)C)C(C)C. The minimum absolute atomic E-state index is 0.0955. The second kappa shape index (κ2) is 6.44. The van der Waals surface area contributed by atoms with Crippen LogP contribution in [-0.4, -0.2) is 43.0 Å². The van der Waals surface area contributed by atoms with Gasteiger partial charge in [0.25, 0.3) is 0 Å². The second-order valence-electron chi connectivity index (χ2n) is 5.19. The molecule has 0 fully saturated rings. The number of methoxy groups -OCH3 is 1. The summed E-state index contributed by atoms with van der Waals surface area (Å²) < 4.78 is 32.1. The molecule has 0 heterocycles. The predicted octanol–water partition coefficient (Wildman–Crippen LogP) is 2.20. The maximum Gasteiger partial charge on any atom is 0.335 e. The van der Waals surface area contributed by atoms with Crippen LogP contribution in [0.4, 0.5) is 0 Å². The average Bonchev–Trinajstić information content (AvgIpc) is 2.36. The van der Waals surface area contributed by atoms with E-state index in [1.807, 2.05) is 0 Å². The van der Waals surface area contributed by atoms with Crippen molar-refractivity contribution in [3.63, 3.8) is 0 Å². The monoisotopic (exact) mass is 315 g/mol. The van der Waals surface area contributed by atoms with Gasteiger partial charge in [-0.05, 0) is 45.9 Å². The van der Waals surface area contributed by atoms with Gasteiger partial charge < -0.3 is 9.84 Å².